The summed E-state index contributed by atoms with van der Waals surface area (Å²) in [6.07, 6.45) is -3.79. The molecule has 0 radical (unpaired) electrons. The van der Waals surface area contributed by atoms with Crippen LogP contribution >= 0.6 is 0 Å². The van der Waals surface area contributed by atoms with Crippen LogP contribution in [0.25, 0.3) is 0 Å². The number of fused-ring (bicyclic) bond motifs is 4. The molecule has 1 N–H and O–H groups in total. The Balaban J connectivity index is 2.01. The van der Waals surface area contributed by atoms with Crippen LogP contribution in [0.4, 0.5) is 13.2 Å². The van der Waals surface area contributed by atoms with Gasteiger partial charge in [-0.25, -0.2) is 0 Å². The average Bonchev–Trinajstić information content (AvgIpc) is 2.46. The number of phenols is 1. The van der Waals surface area contributed by atoms with E-state index in [2.05, 4.69) is 0 Å². The van der Waals surface area contributed by atoms with E-state index in [1.807, 2.05) is 13.0 Å². The number of hydrogen-bond donors (Lipinski definition) is 1. The quantitative estimate of drug-likeness (QED) is 0.798. The predicted octanol–water partition coefficient (Wildman–Crippen LogP) is 2.63. The van der Waals surface area contributed by atoms with Crippen LogP contribution in [0.1, 0.15) is 36.5 Å². The van der Waals surface area contributed by atoms with E-state index in [1.54, 1.807) is 6.07 Å². The van der Waals surface area contributed by atoms with Crippen molar-refractivity contribution in [3.05, 3.63) is 28.8 Å². The van der Waals surface area contributed by atoms with Crippen molar-refractivity contribution < 1.29 is 23.1 Å². The van der Waals surface area contributed by atoms with Gasteiger partial charge in [-0.05, 0) is 47.9 Å². The largest absolute Gasteiger partial charge is 0.507 e. The van der Waals surface area contributed by atoms with E-state index in [-0.39, 0.29) is 24.3 Å². The fourth-order valence-electron chi connectivity index (χ4n) is 3.85. The Labute approximate surface area is 131 Å². The normalized spacial score (nSPS) is 26.4. The molecular weight excluding hydrogens is 309 g/mol. The number of nitriles is 1. The first-order valence-corrected chi connectivity index (χ1v) is 7.30. The van der Waals surface area contributed by atoms with Gasteiger partial charge in [-0.1, -0.05) is 6.92 Å². The van der Waals surface area contributed by atoms with Gasteiger partial charge in [0.1, 0.15) is 11.8 Å². The van der Waals surface area contributed by atoms with Crippen molar-refractivity contribution in [2.45, 2.75) is 43.8 Å². The minimum atomic E-state index is -4.87. The zero-order valence-corrected chi connectivity index (χ0v) is 12.4. The lowest BCUT2D eigenvalue weighted by atomic mass is 9.65. The van der Waals surface area contributed by atoms with Gasteiger partial charge in [-0.2, -0.15) is 18.4 Å². The van der Waals surface area contributed by atoms with Crippen molar-refractivity contribution in [1.29, 1.82) is 5.26 Å². The number of benzene rings is 1. The number of nitrogens with zero attached hydrogens (tertiary/aromatic N) is 2. The van der Waals surface area contributed by atoms with Crippen LogP contribution in [-0.2, 0) is 16.6 Å². The number of aromatic hydroxyl groups is 1. The Morgan fingerprint density at radius 3 is 2.78 bits per heavy atom. The lowest BCUT2D eigenvalue weighted by Crippen LogP contribution is -2.57. The van der Waals surface area contributed by atoms with Crippen molar-refractivity contribution in [2.24, 2.45) is 0 Å². The van der Waals surface area contributed by atoms with Crippen LogP contribution in [0.15, 0.2) is 12.1 Å². The molecule has 1 aromatic rings. The van der Waals surface area contributed by atoms with Crippen LogP contribution in [0, 0.1) is 11.3 Å². The van der Waals surface area contributed by atoms with Crippen LogP contribution in [0.2, 0.25) is 0 Å². The van der Waals surface area contributed by atoms with E-state index in [9.17, 15) is 23.1 Å². The van der Waals surface area contributed by atoms with Gasteiger partial charge in [0, 0.05) is 12.6 Å². The first-order valence-electron chi connectivity index (χ1n) is 7.30. The molecule has 0 saturated carbocycles. The molecule has 1 saturated heterocycles. The molecule has 3 rings (SSSR count). The van der Waals surface area contributed by atoms with E-state index in [0.717, 1.165) is 16.0 Å². The van der Waals surface area contributed by atoms with Crippen LogP contribution in [-0.4, -0.2) is 34.7 Å². The summed E-state index contributed by atoms with van der Waals surface area (Å²) in [4.78, 5) is 12.5. The van der Waals surface area contributed by atoms with Gasteiger partial charge < -0.3 is 10.0 Å². The van der Waals surface area contributed by atoms with Crippen molar-refractivity contribution >= 4 is 5.91 Å². The SMILES string of the molecule is C[C@]12CCN(C(=O)C(F)(F)F)[C@H](Cc3cc(C#N)c(O)cc31)C2. The first kappa shape index (κ1) is 15.7. The van der Waals surface area contributed by atoms with Gasteiger partial charge in [0.05, 0.1) is 5.56 Å². The standard InChI is InChI=1S/C16H15F3N2O2/c1-15-2-3-21(14(23)16(17,18)19)11(7-15)5-9-4-10(8-20)13(22)6-12(9)15/h4,6,11,22H,2-3,5,7H2,1H3/t11-,15-/m1/s1. The second-order valence-corrected chi connectivity index (χ2v) is 6.51. The Hall–Kier alpha value is -2.23. The number of piperidine rings is 1. The van der Waals surface area contributed by atoms with Crippen molar-refractivity contribution in [2.75, 3.05) is 6.54 Å². The van der Waals surface area contributed by atoms with Crippen molar-refractivity contribution in [1.82, 2.24) is 4.90 Å². The molecule has 1 fully saturated rings. The smallest absolute Gasteiger partial charge is 0.471 e. The highest BCUT2D eigenvalue weighted by Gasteiger charge is 2.50. The number of halogens is 3. The zero-order chi connectivity index (χ0) is 17.0. The lowest BCUT2D eigenvalue weighted by molar-refractivity contribution is -0.190. The monoisotopic (exact) mass is 324 g/mol. The lowest BCUT2D eigenvalue weighted by Gasteiger charge is -2.49. The molecule has 1 heterocycles. The average molecular weight is 324 g/mol. The Bertz CT molecular complexity index is 723. The number of carbonyl (C=O) groups excluding carboxylic acids is 1. The minimum absolute atomic E-state index is 0.0414. The summed E-state index contributed by atoms with van der Waals surface area (Å²) in [6.45, 7) is 1.97. The molecule has 2 bridgehead atoms. The highest BCUT2D eigenvalue weighted by Crippen LogP contribution is 2.46. The summed E-state index contributed by atoms with van der Waals surface area (Å²) in [5.41, 5.74) is 1.30. The highest BCUT2D eigenvalue weighted by atomic mass is 19.4. The molecule has 1 aliphatic carbocycles. The van der Waals surface area contributed by atoms with Crippen LogP contribution < -0.4 is 0 Å². The third kappa shape index (κ3) is 2.42. The topological polar surface area (TPSA) is 64.3 Å². The maximum Gasteiger partial charge on any atom is 0.471 e. The fourth-order valence-corrected chi connectivity index (χ4v) is 3.85. The van der Waals surface area contributed by atoms with Crippen LogP contribution in [0.5, 0.6) is 5.75 Å². The number of phenolic OH excluding ortho intramolecular Hbond substituents is 1. The molecule has 1 aromatic carbocycles. The first-order chi connectivity index (χ1) is 10.7. The summed E-state index contributed by atoms with van der Waals surface area (Å²) >= 11 is 0. The van der Waals surface area contributed by atoms with E-state index < -0.39 is 23.5 Å². The Kier molecular flexibility index (Phi) is 3.32. The van der Waals surface area contributed by atoms with E-state index in [4.69, 9.17) is 5.26 Å². The number of carbonyl (C=O) groups is 1. The summed E-state index contributed by atoms with van der Waals surface area (Å²) < 4.78 is 38.3. The van der Waals surface area contributed by atoms with Gasteiger partial charge in [0.15, 0.2) is 0 Å². The van der Waals surface area contributed by atoms with Gasteiger partial charge in [0.25, 0.3) is 0 Å². The number of rotatable bonds is 0. The van der Waals surface area contributed by atoms with Gasteiger partial charge in [-0.15, -0.1) is 0 Å². The molecule has 7 heteroatoms. The fraction of sp³-hybridized carbons (Fsp3) is 0.500. The van der Waals surface area contributed by atoms with Crippen LogP contribution in [0.3, 0.4) is 0 Å². The molecule has 2 atom stereocenters. The summed E-state index contributed by atoms with van der Waals surface area (Å²) in [6, 6.07) is 4.41. The maximum absolute atomic E-state index is 12.8. The number of likely N-dealkylation sites (tertiary alicyclic amines) is 1. The number of alkyl halides is 3. The molecule has 2 aliphatic rings. The van der Waals surface area contributed by atoms with Crippen molar-refractivity contribution in [3.8, 4) is 11.8 Å². The molecule has 0 aromatic heterocycles. The van der Waals surface area contributed by atoms with E-state index in [0.29, 0.717) is 12.8 Å². The second-order valence-electron chi connectivity index (χ2n) is 6.51. The molecule has 1 aliphatic heterocycles. The predicted molar refractivity (Wildman–Crippen MR) is 74.7 cm³/mol. The molecule has 0 unspecified atom stereocenters. The summed E-state index contributed by atoms with van der Waals surface area (Å²) in [5.74, 6) is -1.91. The summed E-state index contributed by atoms with van der Waals surface area (Å²) in [5, 5.41) is 18.9. The van der Waals surface area contributed by atoms with Gasteiger partial charge in [-0.3, -0.25) is 4.79 Å². The molecule has 0 spiro atoms. The van der Waals surface area contributed by atoms with Crippen molar-refractivity contribution in [3.63, 3.8) is 0 Å². The minimum Gasteiger partial charge on any atom is -0.507 e. The van der Waals surface area contributed by atoms with E-state index >= 15 is 0 Å². The number of amides is 1. The molecular formula is C16H15F3N2O2. The zero-order valence-electron chi connectivity index (χ0n) is 12.4. The third-order valence-corrected chi connectivity index (χ3v) is 4.98. The molecule has 1 amide bonds. The van der Waals surface area contributed by atoms with Gasteiger partial charge >= 0.3 is 12.1 Å². The molecule has 4 nitrogen and oxygen atoms in total. The Morgan fingerprint density at radius 1 is 1.48 bits per heavy atom. The number of hydrogen-bond acceptors (Lipinski definition) is 3. The molecule has 122 valence electrons. The van der Waals surface area contributed by atoms with E-state index in [1.165, 1.54) is 6.07 Å². The third-order valence-electron chi connectivity index (χ3n) is 4.98. The molecule has 23 heavy (non-hydrogen) atoms. The summed E-state index contributed by atoms with van der Waals surface area (Å²) in [7, 11) is 0. The van der Waals surface area contributed by atoms with Gasteiger partial charge in [0.2, 0.25) is 0 Å². The maximum atomic E-state index is 12.8. The highest BCUT2D eigenvalue weighted by molar-refractivity contribution is 5.82. The Morgan fingerprint density at radius 2 is 2.17 bits per heavy atom. The second kappa shape index (κ2) is 4.88.